The van der Waals surface area contributed by atoms with E-state index in [1.807, 2.05) is 0 Å². The second-order valence-corrected chi connectivity index (χ2v) is 21.7. The molecule has 8 atom stereocenters. The molecule has 0 spiro atoms. The summed E-state index contributed by atoms with van der Waals surface area (Å²) in [6.45, 7) is 19.3. The molecule has 4 aliphatic rings. The van der Waals surface area contributed by atoms with Crippen LogP contribution in [-0.4, -0.2) is 171 Å². The summed E-state index contributed by atoms with van der Waals surface area (Å²) in [5.41, 5.74) is 2.38. The molecule has 0 radical (unpaired) electrons. The number of hydrogen-bond donors (Lipinski definition) is 2. The van der Waals surface area contributed by atoms with Crippen LogP contribution in [0.3, 0.4) is 0 Å². The Balaban J connectivity index is 1.14. The van der Waals surface area contributed by atoms with Crippen LogP contribution in [0.1, 0.15) is 116 Å². The minimum atomic E-state index is -0.469. The molecule has 0 aromatic heterocycles. The van der Waals surface area contributed by atoms with Gasteiger partial charge in [-0.15, -0.1) is 0 Å². The number of carbonyl (C=O) groups excluding carboxylic acids is 2. The van der Waals surface area contributed by atoms with Gasteiger partial charge in [-0.05, 0) is 103 Å². The first-order valence-corrected chi connectivity index (χ1v) is 28.4. The number of ether oxygens (including phenoxy) is 13. The average Bonchev–Trinajstić information content (AvgIpc) is 3.79. The van der Waals surface area contributed by atoms with E-state index in [-0.39, 0.29) is 81.3 Å². The highest BCUT2D eigenvalue weighted by molar-refractivity contribution is 5.95. The number of methoxy groups -OCH3 is 3. The first kappa shape index (κ1) is 62.6. The number of amides is 2. The fourth-order valence-corrected chi connectivity index (χ4v) is 12.5. The lowest BCUT2D eigenvalue weighted by Crippen LogP contribution is -2.51. The van der Waals surface area contributed by atoms with Gasteiger partial charge in [-0.25, -0.2) is 4.79 Å². The van der Waals surface area contributed by atoms with Gasteiger partial charge in [0.2, 0.25) is 5.75 Å². The molecule has 0 bridgehead atoms. The third-order valence-electron chi connectivity index (χ3n) is 16.4. The number of alkyl carbamates (subject to hydrolysis) is 1. The molecular weight excluding hydrogens is 965 g/mol. The van der Waals surface area contributed by atoms with E-state index < -0.39 is 12.0 Å². The second-order valence-electron chi connectivity index (χ2n) is 21.7. The monoisotopic (exact) mass is 1060 g/mol. The highest BCUT2D eigenvalue weighted by Gasteiger charge is 2.59. The Morgan fingerprint density at radius 2 is 1.12 bits per heavy atom. The van der Waals surface area contributed by atoms with Gasteiger partial charge in [-0.2, -0.15) is 0 Å². The SMILES string of the molecule is COCCOCCOCCOc1cc(C(=O)NCCNC(=O)O[C@H]2CC[C@@]3(C)C(=CC[C@H]4[C@@H]5CC[C@H]([C@H](C)CCCC(C)C)[C@@]5(C)CC[C@@H]43)C2)cc(OCCOCCOCCOC)c1OCCOCCOCCOC. The van der Waals surface area contributed by atoms with E-state index in [2.05, 4.69) is 51.3 Å². The number of carbonyl (C=O) groups is 2. The zero-order valence-corrected chi connectivity index (χ0v) is 47.3. The molecule has 0 heterocycles. The summed E-state index contributed by atoms with van der Waals surface area (Å²) in [7, 11) is 4.87. The number of nitrogens with one attached hydrogen (secondary N) is 2. The highest BCUT2D eigenvalue weighted by atomic mass is 16.6. The Hall–Kier alpha value is -3.26. The van der Waals surface area contributed by atoms with Crippen molar-refractivity contribution in [1.29, 1.82) is 0 Å². The third kappa shape index (κ3) is 20.2. The molecule has 2 amide bonds. The quantitative estimate of drug-likeness (QED) is 0.0471. The summed E-state index contributed by atoms with van der Waals surface area (Å²) < 4.78 is 73.5. The van der Waals surface area contributed by atoms with Crippen LogP contribution >= 0.6 is 0 Å². The number of fused-ring (bicyclic) bond motifs is 5. The Labute approximate surface area is 450 Å². The van der Waals surface area contributed by atoms with Crippen molar-refractivity contribution >= 4 is 12.0 Å². The molecule has 75 heavy (non-hydrogen) atoms. The van der Waals surface area contributed by atoms with E-state index in [4.69, 9.17) is 61.6 Å². The minimum absolute atomic E-state index is 0.156. The summed E-state index contributed by atoms with van der Waals surface area (Å²) in [4.78, 5) is 27.0. The van der Waals surface area contributed by atoms with Crippen molar-refractivity contribution in [3.63, 3.8) is 0 Å². The second kappa shape index (κ2) is 34.6. The fraction of sp³-hybridized carbons (Fsp3) is 0.828. The number of allylic oxidation sites excluding steroid dienone is 1. The van der Waals surface area contributed by atoms with Gasteiger partial charge in [0, 0.05) is 46.4 Å². The van der Waals surface area contributed by atoms with Crippen LogP contribution in [0.25, 0.3) is 0 Å². The molecule has 0 unspecified atom stereocenters. The lowest BCUT2D eigenvalue weighted by atomic mass is 9.47. The predicted molar refractivity (Wildman–Crippen MR) is 287 cm³/mol. The van der Waals surface area contributed by atoms with Gasteiger partial charge in [0.05, 0.1) is 99.1 Å². The summed E-state index contributed by atoms with van der Waals surface area (Å²) in [5, 5.41) is 5.81. The van der Waals surface area contributed by atoms with E-state index in [0.717, 1.165) is 55.3 Å². The summed E-state index contributed by atoms with van der Waals surface area (Å²) in [5.74, 6) is 5.17. The zero-order valence-electron chi connectivity index (χ0n) is 47.3. The maximum Gasteiger partial charge on any atom is 0.407 e. The van der Waals surface area contributed by atoms with Gasteiger partial charge < -0.3 is 72.2 Å². The smallest absolute Gasteiger partial charge is 0.407 e. The van der Waals surface area contributed by atoms with Crippen molar-refractivity contribution in [3.05, 3.63) is 29.3 Å². The molecule has 1 aromatic rings. The van der Waals surface area contributed by atoms with Gasteiger partial charge in [0.25, 0.3) is 5.91 Å². The van der Waals surface area contributed by atoms with E-state index in [9.17, 15) is 9.59 Å². The topological polar surface area (TPSA) is 178 Å². The summed E-state index contributed by atoms with van der Waals surface area (Å²) in [6.07, 6.45) is 15.2. The van der Waals surface area contributed by atoms with Gasteiger partial charge in [0.1, 0.15) is 25.9 Å². The van der Waals surface area contributed by atoms with Crippen LogP contribution < -0.4 is 24.8 Å². The first-order chi connectivity index (χ1) is 36.4. The molecule has 430 valence electrons. The maximum absolute atomic E-state index is 13.8. The minimum Gasteiger partial charge on any atom is -0.487 e. The molecular formula is C58H98N2O15. The van der Waals surface area contributed by atoms with Crippen molar-refractivity contribution in [2.24, 2.45) is 46.3 Å². The maximum atomic E-state index is 13.8. The fourth-order valence-electron chi connectivity index (χ4n) is 12.5. The van der Waals surface area contributed by atoms with E-state index >= 15 is 0 Å². The number of benzene rings is 1. The molecule has 3 fully saturated rings. The number of rotatable bonds is 40. The largest absolute Gasteiger partial charge is 0.487 e. The van der Waals surface area contributed by atoms with Crippen LogP contribution in [0.5, 0.6) is 17.2 Å². The average molecular weight is 1060 g/mol. The van der Waals surface area contributed by atoms with E-state index in [1.165, 1.54) is 50.5 Å². The van der Waals surface area contributed by atoms with Crippen molar-refractivity contribution < 1.29 is 71.2 Å². The van der Waals surface area contributed by atoms with Crippen LogP contribution in [0.4, 0.5) is 4.79 Å². The first-order valence-electron chi connectivity index (χ1n) is 28.4. The van der Waals surface area contributed by atoms with Crippen LogP contribution in [0, 0.1) is 46.3 Å². The van der Waals surface area contributed by atoms with E-state index in [0.29, 0.717) is 96.4 Å². The lowest BCUT2D eigenvalue weighted by Gasteiger charge is -2.58. The molecule has 0 aliphatic heterocycles. The summed E-state index contributed by atoms with van der Waals surface area (Å²) >= 11 is 0. The molecule has 1 aromatic carbocycles. The van der Waals surface area contributed by atoms with Crippen LogP contribution in [-0.2, 0) is 47.4 Å². The predicted octanol–water partition coefficient (Wildman–Crippen LogP) is 8.73. The standard InChI is InChI=1S/C58H98N2O15/c1-43(2)10-9-11-44(3)49-14-15-50-48-13-12-46-42-47(16-18-57(46,4)51(48)17-19-58(49,50)5)75-56(62)60-21-20-59-55(61)45-40-52(72-37-34-69-31-28-66-25-22-63-6)54(74-39-36-71-33-30-68-27-24-65-8)53(41-45)73-38-35-70-32-29-67-26-23-64-7/h12,40-41,43-44,47-51H,9-11,13-39,42H2,1-8H3,(H,59,61)(H,60,62)/t44-,47+,48+,49-,50+,51+,57+,58-/m1/s1. The van der Waals surface area contributed by atoms with Crippen molar-refractivity contribution in [2.75, 3.05) is 153 Å². The zero-order chi connectivity index (χ0) is 53.7. The van der Waals surface area contributed by atoms with Crippen LogP contribution in [0.2, 0.25) is 0 Å². The molecule has 4 aliphatic carbocycles. The molecule has 2 N–H and O–H groups in total. The Morgan fingerprint density at radius 1 is 0.600 bits per heavy atom. The van der Waals surface area contributed by atoms with Crippen molar-refractivity contribution in [2.45, 2.75) is 111 Å². The number of hydrogen-bond acceptors (Lipinski definition) is 15. The highest BCUT2D eigenvalue weighted by Crippen LogP contribution is 2.67. The lowest BCUT2D eigenvalue weighted by molar-refractivity contribution is -0.0581. The van der Waals surface area contributed by atoms with Gasteiger partial charge in [0.15, 0.2) is 11.5 Å². The normalized spacial score (nSPS) is 24.4. The van der Waals surface area contributed by atoms with Gasteiger partial charge in [-0.3, -0.25) is 4.79 Å². The van der Waals surface area contributed by atoms with Gasteiger partial charge >= 0.3 is 6.09 Å². The van der Waals surface area contributed by atoms with Gasteiger partial charge in [-0.1, -0.05) is 65.5 Å². The Morgan fingerprint density at radius 3 is 1.67 bits per heavy atom. The van der Waals surface area contributed by atoms with Crippen molar-refractivity contribution in [1.82, 2.24) is 10.6 Å². The van der Waals surface area contributed by atoms with Crippen LogP contribution in [0.15, 0.2) is 23.8 Å². The third-order valence-corrected chi connectivity index (χ3v) is 16.4. The Bertz CT molecular complexity index is 1760. The molecule has 3 saturated carbocycles. The Kier molecular flexibility index (Phi) is 28.9. The molecule has 17 nitrogen and oxygen atoms in total. The molecule has 5 rings (SSSR count). The molecule has 0 saturated heterocycles. The molecule has 17 heteroatoms. The van der Waals surface area contributed by atoms with E-state index in [1.54, 1.807) is 33.5 Å². The summed E-state index contributed by atoms with van der Waals surface area (Å²) in [6, 6.07) is 3.22. The van der Waals surface area contributed by atoms with Crippen molar-refractivity contribution in [3.8, 4) is 17.2 Å².